The highest BCUT2D eigenvalue weighted by atomic mass is 79.9. The number of anilines is 2. The summed E-state index contributed by atoms with van der Waals surface area (Å²) in [5, 5.41) is 3.32. The van der Waals surface area contributed by atoms with Crippen LogP contribution >= 0.6 is 38.9 Å². The minimum atomic E-state index is -3.65. The lowest BCUT2D eigenvalue weighted by Gasteiger charge is -2.08. The smallest absolute Gasteiger partial charge is 0.271 e. The molecular weight excluding hydrogens is 460 g/mol. The Balaban J connectivity index is 1.70. The number of thiophene rings is 1. The van der Waals surface area contributed by atoms with Crippen molar-refractivity contribution in [2.24, 2.45) is 0 Å². The van der Waals surface area contributed by atoms with Crippen molar-refractivity contribution >= 4 is 66.2 Å². The molecule has 0 aliphatic heterocycles. The Hall–Kier alpha value is -1.87. The van der Waals surface area contributed by atoms with Crippen LogP contribution in [-0.4, -0.2) is 14.3 Å². The normalized spacial score (nSPS) is 11.2. The maximum Gasteiger partial charge on any atom is 0.271 e. The molecule has 26 heavy (non-hydrogen) atoms. The van der Waals surface area contributed by atoms with Gasteiger partial charge in [-0.1, -0.05) is 11.6 Å². The molecule has 134 valence electrons. The minimum Gasteiger partial charge on any atom is -0.322 e. The molecule has 1 heterocycles. The van der Waals surface area contributed by atoms with Crippen LogP contribution in [0.15, 0.2) is 68.7 Å². The number of benzene rings is 2. The maximum absolute atomic E-state index is 12.3. The van der Waals surface area contributed by atoms with Crippen molar-refractivity contribution in [1.29, 1.82) is 0 Å². The molecule has 3 rings (SSSR count). The number of sulfonamides is 1. The molecule has 0 unspecified atom stereocenters. The van der Waals surface area contributed by atoms with E-state index in [9.17, 15) is 13.2 Å². The van der Waals surface area contributed by atoms with Gasteiger partial charge in [0.25, 0.3) is 15.9 Å². The van der Waals surface area contributed by atoms with Gasteiger partial charge >= 0.3 is 0 Å². The highest BCUT2D eigenvalue weighted by Gasteiger charge is 2.17. The van der Waals surface area contributed by atoms with Gasteiger partial charge in [0.15, 0.2) is 0 Å². The van der Waals surface area contributed by atoms with Crippen molar-refractivity contribution < 1.29 is 13.2 Å². The molecule has 1 amide bonds. The van der Waals surface area contributed by atoms with Crippen LogP contribution in [0.1, 0.15) is 10.4 Å². The number of nitrogens with one attached hydrogen (secondary N) is 2. The molecule has 0 atom stereocenters. The number of hydrogen-bond acceptors (Lipinski definition) is 4. The summed E-state index contributed by atoms with van der Waals surface area (Å²) in [4.78, 5) is 12.2. The van der Waals surface area contributed by atoms with Crippen LogP contribution in [0.2, 0.25) is 5.02 Å². The fraction of sp³-hybridized carbons (Fsp3) is 0. The van der Waals surface area contributed by atoms with Gasteiger partial charge in [-0.25, -0.2) is 8.42 Å². The van der Waals surface area contributed by atoms with Gasteiger partial charge in [0.1, 0.15) is 4.21 Å². The average Bonchev–Trinajstić information content (AvgIpc) is 3.05. The van der Waals surface area contributed by atoms with E-state index in [1.165, 1.54) is 18.2 Å². The quantitative estimate of drug-likeness (QED) is 0.536. The Morgan fingerprint density at radius 3 is 2.12 bits per heavy atom. The van der Waals surface area contributed by atoms with Crippen LogP contribution in [0.3, 0.4) is 0 Å². The Morgan fingerprint density at radius 1 is 0.923 bits per heavy atom. The zero-order valence-electron chi connectivity index (χ0n) is 13.1. The topological polar surface area (TPSA) is 75.3 Å². The summed E-state index contributed by atoms with van der Waals surface area (Å²) in [6.07, 6.45) is 0. The molecule has 0 saturated carbocycles. The molecule has 9 heteroatoms. The summed E-state index contributed by atoms with van der Waals surface area (Å²) in [6.45, 7) is 0. The Bertz CT molecular complexity index is 1030. The summed E-state index contributed by atoms with van der Waals surface area (Å²) in [5.41, 5.74) is 1.40. The summed E-state index contributed by atoms with van der Waals surface area (Å²) >= 11 is 10.2. The van der Waals surface area contributed by atoms with E-state index in [1.54, 1.807) is 42.5 Å². The van der Waals surface area contributed by atoms with Crippen LogP contribution in [-0.2, 0) is 10.0 Å². The number of carbonyl (C=O) groups excluding carboxylic acids is 1. The van der Waals surface area contributed by atoms with Gasteiger partial charge in [-0.3, -0.25) is 9.52 Å². The van der Waals surface area contributed by atoms with E-state index >= 15 is 0 Å². The van der Waals surface area contributed by atoms with Gasteiger partial charge in [0.2, 0.25) is 0 Å². The standard InChI is InChI=1S/C17H12BrClN2O3S2/c18-15-9-10-16(25-15)26(23,24)21-14-5-1-11(2-6-14)17(22)20-13-7-3-12(19)4-8-13/h1-10,21H,(H,20,22). The van der Waals surface area contributed by atoms with Gasteiger partial charge < -0.3 is 5.32 Å². The maximum atomic E-state index is 12.3. The van der Waals surface area contributed by atoms with E-state index in [0.717, 1.165) is 15.1 Å². The fourth-order valence-corrected chi connectivity index (χ4v) is 5.27. The molecule has 0 aliphatic rings. The summed E-state index contributed by atoms with van der Waals surface area (Å²) in [6, 6.07) is 16.1. The third kappa shape index (κ3) is 4.64. The molecule has 3 aromatic rings. The lowest BCUT2D eigenvalue weighted by molar-refractivity contribution is 0.102. The van der Waals surface area contributed by atoms with Crippen LogP contribution < -0.4 is 10.0 Å². The molecule has 0 bridgehead atoms. The van der Waals surface area contributed by atoms with Crippen molar-refractivity contribution in [2.75, 3.05) is 10.0 Å². The largest absolute Gasteiger partial charge is 0.322 e. The summed E-state index contributed by atoms with van der Waals surface area (Å²) in [5.74, 6) is -0.302. The molecule has 0 spiro atoms. The highest BCUT2D eigenvalue weighted by Crippen LogP contribution is 2.27. The molecular formula is C17H12BrClN2O3S2. The number of halogens is 2. The number of carbonyl (C=O) groups is 1. The van der Waals surface area contributed by atoms with E-state index in [2.05, 4.69) is 26.0 Å². The van der Waals surface area contributed by atoms with E-state index in [1.807, 2.05) is 0 Å². The molecule has 0 fully saturated rings. The Kier molecular flexibility index (Phi) is 5.67. The molecule has 2 aromatic carbocycles. The second-order valence-electron chi connectivity index (χ2n) is 5.20. The van der Waals surface area contributed by atoms with E-state index in [0.29, 0.717) is 22.0 Å². The van der Waals surface area contributed by atoms with Crippen LogP contribution in [0.5, 0.6) is 0 Å². The van der Waals surface area contributed by atoms with Gasteiger partial charge in [-0.15, -0.1) is 11.3 Å². The third-order valence-corrected chi connectivity index (χ3v) is 7.06. The Labute approximate surface area is 168 Å². The molecule has 0 aliphatic carbocycles. The van der Waals surface area contributed by atoms with Crippen LogP contribution in [0.25, 0.3) is 0 Å². The predicted molar refractivity (Wildman–Crippen MR) is 109 cm³/mol. The second kappa shape index (κ2) is 7.79. The van der Waals surface area contributed by atoms with Crippen LogP contribution in [0, 0.1) is 0 Å². The lowest BCUT2D eigenvalue weighted by atomic mass is 10.2. The van der Waals surface area contributed by atoms with Crippen molar-refractivity contribution in [3.8, 4) is 0 Å². The van der Waals surface area contributed by atoms with E-state index in [4.69, 9.17) is 11.6 Å². The van der Waals surface area contributed by atoms with Gasteiger partial charge in [-0.2, -0.15) is 0 Å². The van der Waals surface area contributed by atoms with Crippen molar-refractivity contribution in [1.82, 2.24) is 0 Å². The summed E-state index contributed by atoms with van der Waals surface area (Å²) in [7, 11) is -3.65. The minimum absolute atomic E-state index is 0.203. The predicted octanol–water partition coefficient (Wildman–Crippen LogP) is 5.22. The number of rotatable bonds is 5. The second-order valence-corrected chi connectivity index (χ2v) is 10.0. The van der Waals surface area contributed by atoms with E-state index in [-0.39, 0.29) is 10.1 Å². The first-order valence-electron chi connectivity index (χ1n) is 7.29. The van der Waals surface area contributed by atoms with Crippen molar-refractivity contribution in [3.63, 3.8) is 0 Å². The first-order chi connectivity index (χ1) is 12.3. The van der Waals surface area contributed by atoms with Gasteiger partial charge in [0, 0.05) is 22.0 Å². The Morgan fingerprint density at radius 2 is 1.54 bits per heavy atom. The number of hydrogen-bond donors (Lipinski definition) is 2. The van der Waals surface area contributed by atoms with Gasteiger partial charge in [0.05, 0.1) is 3.79 Å². The molecule has 1 aromatic heterocycles. The monoisotopic (exact) mass is 470 g/mol. The molecule has 0 saturated heterocycles. The molecule has 5 nitrogen and oxygen atoms in total. The lowest BCUT2D eigenvalue weighted by Crippen LogP contribution is -2.13. The van der Waals surface area contributed by atoms with Gasteiger partial charge in [-0.05, 0) is 76.6 Å². The van der Waals surface area contributed by atoms with Crippen molar-refractivity contribution in [3.05, 3.63) is 75.0 Å². The first-order valence-corrected chi connectivity index (χ1v) is 10.8. The molecule has 0 radical (unpaired) electrons. The summed E-state index contributed by atoms with van der Waals surface area (Å²) < 4.78 is 28.0. The first kappa shape index (κ1) is 18.9. The fourth-order valence-electron chi connectivity index (χ4n) is 2.07. The zero-order valence-corrected chi connectivity index (χ0v) is 17.0. The third-order valence-electron chi connectivity index (χ3n) is 3.31. The number of amides is 1. The highest BCUT2D eigenvalue weighted by molar-refractivity contribution is 9.11. The van der Waals surface area contributed by atoms with Crippen molar-refractivity contribution in [2.45, 2.75) is 4.21 Å². The zero-order chi connectivity index (χ0) is 18.7. The average molecular weight is 472 g/mol. The molecule has 2 N–H and O–H groups in total. The van der Waals surface area contributed by atoms with Crippen LogP contribution in [0.4, 0.5) is 11.4 Å². The SMILES string of the molecule is O=C(Nc1ccc(Cl)cc1)c1ccc(NS(=O)(=O)c2ccc(Br)s2)cc1. The van der Waals surface area contributed by atoms with E-state index < -0.39 is 10.0 Å².